The first-order valence-corrected chi connectivity index (χ1v) is 9.69. The lowest BCUT2D eigenvalue weighted by Gasteiger charge is -2.19. The van der Waals surface area contributed by atoms with Crippen LogP contribution in [0.5, 0.6) is 5.75 Å². The zero-order chi connectivity index (χ0) is 20.8. The number of thiophene rings is 1. The molecule has 0 fully saturated rings. The van der Waals surface area contributed by atoms with Gasteiger partial charge in [-0.25, -0.2) is 9.18 Å². The predicted octanol–water partition coefficient (Wildman–Crippen LogP) is 4.40. The minimum atomic E-state index is -0.480. The van der Waals surface area contributed by atoms with E-state index in [0.29, 0.717) is 21.9 Å². The van der Waals surface area contributed by atoms with Gasteiger partial charge in [-0.2, -0.15) is 0 Å². The molecule has 1 amide bonds. The van der Waals surface area contributed by atoms with Crippen LogP contribution >= 0.6 is 11.3 Å². The minimum Gasteiger partial charge on any atom is -0.497 e. The highest BCUT2D eigenvalue weighted by atomic mass is 32.1. The van der Waals surface area contributed by atoms with Crippen LogP contribution in [-0.4, -0.2) is 26.1 Å². The Morgan fingerprint density at radius 2 is 1.62 bits per heavy atom. The molecular formula is C22H20FNO4S. The van der Waals surface area contributed by atoms with Crippen molar-refractivity contribution in [2.75, 3.05) is 14.2 Å². The van der Waals surface area contributed by atoms with Crippen LogP contribution in [0.3, 0.4) is 0 Å². The smallest absolute Gasteiger partial charge is 0.348 e. The number of carbonyl (C=O) groups excluding carboxylic acids is 2. The maximum absolute atomic E-state index is 13.2. The Balaban J connectivity index is 1.83. The largest absolute Gasteiger partial charge is 0.497 e. The van der Waals surface area contributed by atoms with E-state index >= 15 is 0 Å². The van der Waals surface area contributed by atoms with Crippen molar-refractivity contribution in [2.24, 2.45) is 0 Å². The lowest BCUT2D eigenvalue weighted by Crippen LogP contribution is -2.29. The molecule has 5 nitrogen and oxygen atoms in total. The first-order valence-electron chi connectivity index (χ1n) is 8.87. The second-order valence-corrected chi connectivity index (χ2v) is 7.37. The molecule has 7 heteroatoms. The molecule has 0 spiro atoms. The summed E-state index contributed by atoms with van der Waals surface area (Å²) >= 11 is 1.07. The number of amides is 1. The molecule has 1 atom stereocenters. The van der Waals surface area contributed by atoms with Crippen LogP contribution in [0.4, 0.5) is 4.39 Å². The van der Waals surface area contributed by atoms with Crippen LogP contribution in [0.2, 0.25) is 0 Å². The van der Waals surface area contributed by atoms with Crippen molar-refractivity contribution in [1.82, 2.24) is 5.32 Å². The van der Waals surface area contributed by atoms with Crippen LogP contribution < -0.4 is 10.1 Å². The summed E-state index contributed by atoms with van der Waals surface area (Å²) in [6.07, 6.45) is 0.480. The highest BCUT2D eigenvalue weighted by Crippen LogP contribution is 2.24. The van der Waals surface area contributed by atoms with Gasteiger partial charge in [-0.3, -0.25) is 4.79 Å². The van der Waals surface area contributed by atoms with Gasteiger partial charge in [-0.15, -0.1) is 11.3 Å². The van der Waals surface area contributed by atoms with Gasteiger partial charge in [-0.1, -0.05) is 24.3 Å². The highest BCUT2D eigenvalue weighted by Gasteiger charge is 2.19. The summed E-state index contributed by atoms with van der Waals surface area (Å²) in [5, 5.41) is 3.01. The molecule has 3 aromatic rings. The molecule has 1 unspecified atom stereocenters. The van der Waals surface area contributed by atoms with E-state index in [1.165, 1.54) is 19.2 Å². The molecule has 0 saturated carbocycles. The summed E-state index contributed by atoms with van der Waals surface area (Å²) in [6.45, 7) is 0. The fraction of sp³-hybridized carbons (Fsp3) is 0.182. The normalized spacial score (nSPS) is 11.6. The number of carbonyl (C=O) groups is 2. The summed E-state index contributed by atoms with van der Waals surface area (Å²) in [6, 6.07) is 16.4. The van der Waals surface area contributed by atoms with E-state index < -0.39 is 5.97 Å². The average molecular weight is 413 g/mol. The second kappa shape index (κ2) is 9.34. The molecule has 0 saturated heterocycles. The Kier molecular flexibility index (Phi) is 6.61. The van der Waals surface area contributed by atoms with E-state index in [4.69, 9.17) is 4.74 Å². The van der Waals surface area contributed by atoms with Gasteiger partial charge in [0.2, 0.25) is 0 Å². The number of hydrogen-bond donors (Lipinski definition) is 1. The molecule has 1 aromatic heterocycles. The van der Waals surface area contributed by atoms with Crippen LogP contribution in [0.1, 0.15) is 36.5 Å². The SMILES string of the molecule is COC(=O)c1ccc(C(=O)NC(Cc2ccc(F)cc2)c2ccc(OC)cc2)s1. The molecule has 0 aliphatic rings. The fourth-order valence-corrected chi connectivity index (χ4v) is 3.67. The molecule has 2 aromatic carbocycles. The van der Waals surface area contributed by atoms with E-state index in [1.54, 1.807) is 31.4 Å². The van der Waals surface area contributed by atoms with E-state index in [0.717, 1.165) is 22.5 Å². The molecule has 0 aliphatic heterocycles. The molecule has 1 N–H and O–H groups in total. The summed E-state index contributed by atoms with van der Waals surface area (Å²) in [4.78, 5) is 25.2. The van der Waals surface area contributed by atoms with Crippen molar-refractivity contribution < 1.29 is 23.5 Å². The molecular weight excluding hydrogens is 393 g/mol. The topological polar surface area (TPSA) is 64.6 Å². The number of methoxy groups -OCH3 is 2. The van der Waals surface area contributed by atoms with Crippen molar-refractivity contribution >= 4 is 23.2 Å². The molecule has 3 rings (SSSR count). The van der Waals surface area contributed by atoms with Crippen LogP contribution in [0.25, 0.3) is 0 Å². The van der Waals surface area contributed by atoms with Gasteiger partial charge in [0, 0.05) is 0 Å². The lowest BCUT2D eigenvalue weighted by molar-refractivity contribution is 0.0606. The third-order valence-electron chi connectivity index (χ3n) is 4.39. The van der Waals surface area contributed by atoms with Crippen molar-refractivity contribution in [3.05, 3.63) is 87.4 Å². The number of hydrogen-bond acceptors (Lipinski definition) is 5. The number of esters is 1. The molecule has 1 heterocycles. The summed E-state index contributed by atoms with van der Waals surface area (Å²) in [7, 11) is 2.88. The second-order valence-electron chi connectivity index (χ2n) is 6.29. The molecule has 29 heavy (non-hydrogen) atoms. The summed E-state index contributed by atoms with van der Waals surface area (Å²) < 4.78 is 23.1. The Bertz CT molecular complexity index is 983. The van der Waals surface area contributed by atoms with Crippen molar-refractivity contribution in [3.63, 3.8) is 0 Å². The zero-order valence-corrected chi connectivity index (χ0v) is 16.8. The van der Waals surface area contributed by atoms with Crippen molar-refractivity contribution in [1.29, 1.82) is 0 Å². The maximum atomic E-state index is 13.2. The van der Waals surface area contributed by atoms with Gasteiger partial charge in [0.05, 0.1) is 25.1 Å². The van der Waals surface area contributed by atoms with Gasteiger partial charge in [0.25, 0.3) is 5.91 Å². The highest BCUT2D eigenvalue weighted by molar-refractivity contribution is 7.15. The maximum Gasteiger partial charge on any atom is 0.348 e. The Morgan fingerprint density at radius 1 is 0.966 bits per heavy atom. The standard InChI is InChI=1S/C22H20FNO4S/c1-27-17-9-5-15(6-10-17)18(13-14-3-7-16(23)8-4-14)24-21(25)19-11-12-20(29-19)22(26)28-2/h3-12,18H,13H2,1-2H3,(H,24,25). The van der Waals surface area contributed by atoms with Gasteiger partial charge in [0.1, 0.15) is 16.4 Å². The van der Waals surface area contributed by atoms with E-state index in [2.05, 4.69) is 10.1 Å². The Labute approximate surface area is 172 Å². The van der Waals surface area contributed by atoms with E-state index in [9.17, 15) is 14.0 Å². The Morgan fingerprint density at radius 3 is 2.24 bits per heavy atom. The van der Waals surface area contributed by atoms with Gasteiger partial charge in [-0.05, 0) is 53.9 Å². The van der Waals surface area contributed by atoms with Crippen LogP contribution in [-0.2, 0) is 11.2 Å². The fourth-order valence-electron chi connectivity index (χ4n) is 2.84. The quantitative estimate of drug-likeness (QED) is 0.583. The van der Waals surface area contributed by atoms with Crippen molar-refractivity contribution in [2.45, 2.75) is 12.5 Å². The number of halogens is 1. The minimum absolute atomic E-state index is 0.298. The van der Waals surface area contributed by atoms with Crippen LogP contribution in [0.15, 0.2) is 60.7 Å². The molecule has 0 radical (unpaired) electrons. The third-order valence-corrected chi connectivity index (χ3v) is 5.46. The average Bonchev–Trinajstić information content (AvgIpc) is 3.25. The molecule has 150 valence electrons. The predicted molar refractivity (Wildman–Crippen MR) is 109 cm³/mol. The number of ether oxygens (including phenoxy) is 2. The third kappa shape index (κ3) is 5.20. The van der Waals surface area contributed by atoms with Crippen LogP contribution in [0, 0.1) is 5.82 Å². The zero-order valence-electron chi connectivity index (χ0n) is 16.0. The Hall–Kier alpha value is -3.19. The van der Waals surface area contributed by atoms with E-state index in [1.807, 2.05) is 24.3 Å². The summed E-state index contributed by atoms with van der Waals surface area (Å²) in [5.41, 5.74) is 1.77. The number of benzene rings is 2. The van der Waals surface area contributed by atoms with Crippen molar-refractivity contribution in [3.8, 4) is 5.75 Å². The number of nitrogens with one attached hydrogen (secondary N) is 1. The molecule has 0 bridgehead atoms. The monoisotopic (exact) mass is 413 g/mol. The van der Waals surface area contributed by atoms with E-state index in [-0.39, 0.29) is 17.8 Å². The number of rotatable bonds is 7. The lowest BCUT2D eigenvalue weighted by atomic mass is 9.98. The van der Waals surface area contributed by atoms with Gasteiger partial charge in [0.15, 0.2) is 0 Å². The first-order chi connectivity index (χ1) is 14.0. The van der Waals surface area contributed by atoms with Gasteiger partial charge < -0.3 is 14.8 Å². The van der Waals surface area contributed by atoms with Gasteiger partial charge >= 0.3 is 5.97 Å². The first kappa shape index (κ1) is 20.5. The summed E-state index contributed by atoms with van der Waals surface area (Å²) in [5.74, 6) is -0.380. The molecule has 0 aliphatic carbocycles.